The van der Waals surface area contributed by atoms with Gasteiger partial charge < -0.3 is 0 Å². The number of halogens is 1. The molecule has 3 aromatic rings. The van der Waals surface area contributed by atoms with E-state index in [1.165, 1.54) is 11.3 Å². The van der Waals surface area contributed by atoms with E-state index >= 15 is 0 Å². The van der Waals surface area contributed by atoms with Gasteiger partial charge in [0.1, 0.15) is 0 Å². The summed E-state index contributed by atoms with van der Waals surface area (Å²) in [5.74, 6) is -0.0812. The highest BCUT2D eigenvalue weighted by Crippen LogP contribution is 2.33. The van der Waals surface area contributed by atoms with Gasteiger partial charge in [-0.25, -0.2) is 4.98 Å². The van der Waals surface area contributed by atoms with Crippen molar-refractivity contribution < 1.29 is 4.79 Å². The lowest BCUT2D eigenvalue weighted by atomic mass is 10.1. The van der Waals surface area contributed by atoms with E-state index in [0.29, 0.717) is 15.8 Å². The summed E-state index contributed by atoms with van der Waals surface area (Å²) in [6.45, 7) is 5.52. The van der Waals surface area contributed by atoms with E-state index in [-0.39, 0.29) is 5.91 Å². The van der Waals surface area contributed by atoms with Gasteiger partial charge in [0.15, 0.2) is 5.13 Å². The van der Waals surface area contributed by atoms with Crippen molar-refractivity contribution in [1.82, 2.24) is 4.98 Å². The first-order chi connectivity index (χ1) is 13.0. The number of para-hydroxylation sites is 1. The van der Waals surface area contributed by atoms with Crippen molar-refractivity contribution in [3.05, 3.63) is 69.7 Å². The first-order valence-electron chi connectivity index (χ1n) is 8.33. The normalized spacial score (nSPS) is 11.0. The molecule has 0 atom stereocenters. The number of benzene rings is 2. The maximum atomic E-state index is 12.3. The Labute approximate surface area is 167 Å². The molecule has 0 radical (unpaired) electrons. The summed E-state index contributed by atoms with van der Waals surface area (Å²) in [6.07, 6.45) is 1.62. The number of thiazole rings is 1. The number of aromatic nitrogens is 1. The highest BCUT2D eigenvalue weighted by atomic mass is 35.5. The molecule has 1 heterocycles. The van der Waals surface area contributed by atoms with Crippen molar-refractivity contribution >= 4 is 51.6 Å². The Kier molecular flexibility index (Phi) is 5.88. The summed E-state index contributed by atoms with van der Waals surface area (Å²) in [6, 6.07) is 13.3. The van der Waals surface area contributed by atoms with Crippen molar-refractivity contribution in [2.45, 2.75) is 20.8 Å². The number of carbonyl (C=O) groups is 1. The van der Waals surface area contributed by atoms with Gasteiger partial charge in [-0.15, -0.1) is 11.3 Å². The van der Waals surface area contributed by atoms with Gasteiger partial charge in [0.2, 0.25) is 5.91 Å². The minimum atomic E-state index is -0.0812. The van der Waals surface area contributed by atoms with Crippen LogP contribution in [-0.2, 0) is 4.79 Å². The molecule has 0 aliphatic rings. The molecule has 1 N–H and O–H groups in total. The molecule has 0 bridgehead atoms. The van der Waals surface area contributed by atoms with Gasteiger partial charge in [-0.2, -0.15) is 5.10 Å². The largest absolute Gasteiger partial charge is 0.278 e. The van der Waals surface area contributed by atoms with Crippen LogP contribution in [-0.4, -0.2) is 17.1 Å². The average molecular weight is 399 g/mol. The van der Waals surface area contributed by atoms with Crippen LogP contribution >= 0.6 is 22.9 Å². The van der Waals surface area contributed by atoms with Crippen LogP contribution in [0.5, 0.6) is 0 Å². The molecular weight excluding hydrogens is 380 g/mol. The van der Waals surface area contributed by atoms with Gasteiger partial charge in [-0.1, -0.05) is 35.9 Å². The van der Waals surface area contributed by atoms with Crippen molar-refractivity contribution in [1.29, 1.82) is 0 Å². The lowest BCUT2D eigenvalue weighted by Crippen LogP contribution is -2.24. The molecule has 1 aromatic heterocycles. The molecule has 138 valence electrons. The summed E-state index contributed by atoms with van der Waals surface area (Å²) in [7, 11) is 0. The number of hydrogen-bond donors (Lipinski definition) is 1. The standard InChI is InChI=1S/C20H19ClN4OS/c1-13-6-4-7-14(2)19(13)25(15(3)26)20-23-18(12-27-20)11-22-24-17-9-5-8-16(21)10-17/h4-12,24H,1-3H3/b22-11-. The average Bonchev–Trinajstić information content (AvgIpc) is 3.06. The lowest BCUT2D eigenvalue weighted by molar-refractivity contribution is -0.115. The van der Waals surface area contributed by atoms with Gasteiger partial charge in [0.05, 0.1) is 23.3 Å². The molecule has 0 fully saturated rings. The zero-order valence-corrected chi connectivity index (χ0v) is 16.8. The zero-order chi connectivity index (χ0) is 19.4. The minimum Gasteiger partial charge on any atom is -0.278 e. The maximum absolute atomic E-state index is 12.3. The van der Waals surface area contributed by atoms with E-state index in [1.54, 1.807) is 30.2 Å². The van der Waals surface area contributed by atoms with Crippen LogP contribution in [0, 0.1) is 13.8 Å². The summed E-state index contributed by atoms with van der Waals surface area (Å²) < 4.78 is 0. The SMILES string of the molecule is CC(=O)N(c1nc(/C=N\Nc2cccc(Cl)c2)cs1)c1c(C)cccc1C. The molecule has 0 saturated carbocycles. The zero-order valence-electron chi connectivity index (χ0n) is 15.2. The lowest BCUT2D eigenvalue weighted by Gasteiger charge is -2.22. The summed E-state index contributed by atoms with van der Waals surface area (Å²) in [5, 5.41) is 7.30. The van der Waals surface area contributed by atoms with Crippen molar-refractivity contribution in [2.75, 3.05) is 10.3 Å². The third-order valence-corrected chi connectivity index (χ3v) is 4.97. The topological polar surface area (TPSA) is 57.6 Å². The fraction of sp³-hybridized carbons (Fsp3) is 0.150. The molecule has 2 aromatic carbocycles. The predicted octanol–water partition coefficient (Wildman–Crippen LogP) is 5.54. The maximum Gasteiger partial charge on any atom is 0.230 e. The quantitative estimate of drug-likeness (QED) is 0.453. The van der Waals surface area contributed by atoms with E-state index in [4.69, 9.17) is 11.6 Å². The van der Waals surface area contributed by atoms with Crippen LogP contribution < -0.4 is 10.3 Å². The fourth-order valence-corrected chi connectivity index (χ4v) is 3.73. The number of hydrogen-bond acceptors (Lipinski definition) is 5. The Balaban J connectivity index is 1.82. The van der Waals surface area contributed by atoms with Crippen molar-refractivity contribution in [3.63, 3.8) is 0 Å². The number of amides is 1. The van der Waals surface area contributed by atoms with Gasteiger partial charge >= 0.3 is 0 Å². The highest BCUT2D eigenvalue weighted by Gasteiger charge is 2.21. The number of aryl methyl sites for hydroxylation is 2. The van der Waals surface area contributed by atoms with Crippen LogP contribution in [0.4, 0.5) is 16.5 Å². The molecular formula is C20H19ClN4OS. The van der Waals surface area contributed by atoms with E-state index in [0.717, 1.165) is 22.5 Å². The van der Waals surface area contributed by atoms with Gasteiger partial charge in [0, 0.05) is 17.3 Å². The molecule has 1 amide bonds. The molecule has 0 saturated heterocycles. The number of anilines is 3. The Morgan fingerprint density at radius 3 is 2.59 bits per heavy atom. The van der Waals surface area contributed by atoms with Gasteiger partial charge in [-0.3, -0.25) is 15.1 Å². The van der Waals surface area contributed by atoms with Crippen molar-refractivity contribution in [3.8, 4) is 0 Å². The molecule has 27 heavy (non-hydrogen) atoms. The number of nitrogens with zero attached hydrogens (tertiary/aromatic N) is 3. The Morgan fingerprint density at radius 2 is 1.93 bits per heavy atom. The van der Waals surface area contributed by atoms with Crippen LogP contribution in [0.25, 0.3) is 0 Å². The van der Waals surface area contributed by atoms with E-state index in [1.807, 2.05) is 49.6 Å². The van der Waals surface area contributed by atoms with Crippen LogP contribution in [0.3, 0.4) is 0 Å². The smallest absolute Gasteiger partial charge is 0.230 e. The molecule has 0 spiro atoms. The molecule has 0 unspecified atom stereocenters. The molecule has 3 rings (SSSR count). The molecule has 0 aliphatic heterocycles. The highest BCUT2D eigenvalue weighted by molar-refractivity contribution is 7.14. The third-order valence-electron chi connectivity index (χ3n) is 3.89. The summed E-state index contributed by atoms with van der Waals surface area (Å²) >= 11 is 7.35. The second-order valence-corrected chi connectivity index (χ2v) is 7.30. The first kappa shape index (κ1) is 19.1. The van der Waals surface area contributed by atoms with Crippen molar-refractivity contribution in [2.24, 2.45) is 5.10 Å². The van der Waals surface area contributed by atoms with E-state index in [9.17, 15) is 4.79 Å². The Morgan fingerprint density at radius 1 is 1.22 bits per heavy atom. The van der Waals surface area contributed by atoms with Gasteiger partial charge in [-0.05, 0) is 43.2 Å². The third kappa shape index (κ3) is 4.53. The van der Waals surface area contributed by atoms with Crippen LogP contribution in [0.2, 0.25) is 5.02 Å². The number of carbonyl (C=O) groups excluding carboxylic acids is 1. The number of hydrazone groups is 1. The second-order valence-electron chi connectivity index (χ2n) is 6.03. The molecule has 7 heteroatoms. The molecule has 0 aliphatic carbocycles. The fourth-order valence-electron chi connectivity index (χ4n) is 2.72. The monoisotopic (exact) mass is 398 g/mol. The summed E-state index contributed by atoms with van der Waals surface area (Å²) in [5.41, 5.74) is 7.30. The number of nitrogens with one attached hydrogen (secondary N) is 1. The van der Waals surface area contributed by atoms with Crippen LogP contribution in [0.15, 0.2) is 52.9 Å². The Bertz CT molecular complexity index is 979. The Hall–Kier alpha value is -2.70. The predicted molar refractivity (Wildman–Crippen MR) is 114 cm³/mol. The summed E-state index contributed by atoms with van der Waals surface area (Å²) in [4.78, 5) is 18.5. The number of rotatable bonds is 5. The van der Waals surface area contributed by atoms with Crippen LogP contribution in [0.1, 0.15) is 23.7 Å². The second kappa shape index (κ2) is 8.33. The molecule has 5 nitrogen and oxygen atoms in total. The minimum absolute atomic E-state index is 0.0812. The van der Waals surface area contributed by atoms with E-state index < -0.39 is 0 Å². The van der Waals surface area contributed by atoms with Gasteiger partial charge in [0.25, 0.3) is 0 Å². The van der Waals surface area contributed by atoms with E-state index in [2.05, 4.69) is 15.5 Å². The first-order valence-corrected chi connectivity index (χ1v) is 9.58.